The Morgan fingerprint density at radius 2 is 1.56 bits per heavy atom. The van der Waals surface area contributed by atoms with E-state index in [2.05, 4.69) is 14.9 Å². The smallest absolute Gasteiger partial charge is 0.261 e. The predicted molar refractivity (Wildman–Crippen MR) is 122 cm³/mol. The Balaban J connectivity index is 1.49. The summed E-state index contributed by atoms with van der Waals surface area (Å²) >= 11 is 0. The highest BCUT2D eigenvalue weighted by molar-refractivity contribution is 7.92. The van der Waals surface area contributed by atoms with E-state index < -0.39 is 10.0 Å². The first-order valence-corrected chi connectivity index (χ1v) is 11.4. The van der Waals surface area contributed by atoms with Crippen LogP contribution in [0.5, 0.6) is 17.4 Å². The highest BCUT2D eigenvalue weighted by Gasteiger charge is 2.15. The van der Waals surface area contributed by atoms with Crippen molar-refractivity contribution in [2.75, 3.05) is 11.3 Å². The van der Waals surface area contributed by atoms with Crippen molar-refractivity contribution in [1.29, 1.82) is 0 Å². The maximum atomic E-state index is 12.8. The van der Waals surface area contributed by atoms with E-state index in [1.165, 1.54) is 12.1 Å². The molecule has 0 spiro atoms. The Morgan fingerprint density at radius 1 is 0.812 bits per heavy atom. The Labute approximate surface area is 186 Å². The van der Waals surface area contributed by atoms with Crippen LogP contribution in [0.2, 0.25) is 0 Å². The molecule has 3 aromatic carbocycles. The van der Waals surface area contributed by atoms with Crippen molar-refractivity contribution in [3.05, 3.63) is 91.0 Å². The topological polar surface area (TPSA) is 90.4 Å². The second-order valence-corrected chi connectivity index (χ2v) is 8.45. The van der Waals surface area contributed by atoms with Crippen molar-refractivity contribution in [1.82, 2.24) is 10.2 Å². The number of aromatic nitrogens is 2. The number of nitrogens with zero attached hydrogens (tertiary/aromatic N) is 2. The van der Waals surface area contributed by atoms with Crippen molar-refractivity contribution >= 4 is 15.7 Å². The molecule has 8 heteroatoms. The molecular formula is C24H21N3O4S. The average molecular weight is 448 g/mol. The van der Waals surface area contributed by atoms with Crippen molar-refractivity contribution in [2.24, 2.45) is 0 Å². The molecule has 4 rings (SSSR count). The van der Waals surface area contributed by atoms with Crippen molar-refractivity contribution in [3.8, 4) is 28.6 Å². The SMILES string of the molecule is CCOc1ccc(-c2cccc(NS(=O)(=O)c3ccc(Oc4ccccc4)cc3)c2)nn1. The summed E-state index contributed by atoms with van der Waals surface area (Å²) in [5.74, 6) is 1.66. The Bertz CT molecular complexity index is 1280. The van der Waals surface area contributed by atoms with Gasteiger partial charge in [0.15, 0.2) is 0 Å². The summed E-state index contributed by atoms with van der Waals surface area (Å²) in [6.45, 7) is 2.37. The van der Waals surface area contributed by atoms with Gasteiger partial charge >= 0.3 is 0 Å². The monoisotopic (exact) mass is 447 g/mol. The summed E-state index contributed by atoms with van der Waals surface area (Å²) in [6.07, 6.45) is 0. The molecule has 1 heterocycles. The van der Waals surface area contributed by atoms with Gasteiger partial charge in [-0.05, 0) is 61.5 Å². The standard InChI is InChI=1S/C24H21N3O4S/c1-2-30-24-16-15-23(25-26-24)18-7-6-8-19(17-18)27-32(28,29)22-13-11-21(12-14-22)31-20-9-4-3-5-10-20/h3-17,27H,2H2,1H3. The molecule has 7 nitrogen and oxygen atoms in total. The van der Waals surface area contributed by atoms with Crippen LogP contribution in [-0.2, 0) is 10.0 Å². The maximum absolute atomic E-state index is 12.8. The number of hydrogen-bond acceptors (Lipinski definition) is 6. The van der Waals surface area contributed by atoms with E-state index in [0.29, 0.717) is 35.4 Å². The third-order valence-corrected chi connectivity index (χ3v) is 5.85. The molecule has 0 aliphatic carbocycles. The highest BCUT2D eigenvalue weighted by Crippen LogP contribution is 2.26. The summed E-state index contributed by atoms with van der Waals surface area (Å²) in [5, 5.41) is 8.15. The number of para-hydroxylation sites is 1. The van der Waals surface area contributed by atoms with Crippen LogP contribution < -0.4 is 14.2 Å². The normalized spacial score (nSPS) is 11.0. The van der Waals surface area contributed by atoms with Crippen molar-refractivity contribution in [2.45, 2.75) is 11.8 Å². The lowest BCUT2D eigenvalue weighted by Gasteiger charge is -2.11. The van der Waals surface area contributed by atoms with Crippen LogP contribution >= 0.6 is 0 Å². The van der Waals surface area contributed by atoms with Gasteiger partial charge in [0.2, 0.25) is 5.88 Å². The number of benzene rings is 3. The molecular weight excluding hydrogens is 426 g/mol. The van der Waals surface area contributed by atoms with E-state index >= 15 is 0 Å². The first-order valence-electron chi connectivity index (χ1n) is 9.96. The summed E-state index contributed by atoms with van der Waals surface area (Å²) in [5.41, 5.74) is 1.76. The minimum Gasteiger partial charge on any atom is -0.477 e. The third-order valence-electron chi connectivity index (χ3n) is 4.46. The number of hydrogen-bond donors (Lipinski definition) is 1. The number of ether oxygens (including phenoxy) is 2. The third kappa shape index (κ3) is 5.22. The minimum atomic E-state index is -3.78. The molecule has 0 saturated carbocycles. The molecule has 1 N–H and O–H groups in total. The van der Waals surface area contributed by atoms with Gasteiger partial charge in [-0.25, -0.2) is 8.42 Å². The van der Waals surface area contributed by atoms with E-state index in [1.807, 2.05) is 43.3 Å². The van der Waals surface area contributed by atoms with Crippen LogP contribution in [0.1, 0.15) is 6.92 Å². The molecule has 0 aliphatic rings. The molecule has 0 aliphatic heterocycles. The predicted octanol–water partition coefficient (Wildman–Crippen LogP) is 5.14. The van der Waals surface area contributed by atoms with E-state index in [-0.39, 0.29) is 4.90 Å². The molecule has 0 fully saturated rings. The van der Waals surface area contributed by atoms with Gasteiger partial charge in [0.1, 0.15) is 11.5 Å². The van der Waals surface area contributed by atoms with Gasteiger partial charge in [-0.15, -0.1) is 10.2 Å². The van der Waals surface area contributed by atoms with Gasteiger partial charge in [0.25, 0.3) is 10.0 Å². The Morgan fingerprint density at radius 3 is 2.25 bits per heavy atom. The lowest BCUT2D eigenvalue weighted by Crippen LogP contribution is -2.12. The quantitative estimate of drug-likeness (QED) is 0.402. The van der Waals surface area contributed by atoms with Gasteiger partial charge < -0.3 is 9.47 Å². The second kappa shape index (κ2) is 9.49. The van der Waals surface area contributed by atoms with Gasteiger partial charge in [-0.2, -0.15) is 0 Å². The number of anilines is 1. The zero-order valence-corrected chi connectivity index (χ0v) is 18.1. The molecule has 0 saturated heterocycles. The fourth-order valence-electron chi connectivity index (χ4n) is 2.97. The number of nitrogens with one attached hydrogen (secondary N) is 1. The molecule has 32 heavy (non-hydrogen) atoms. The number of rotatable bonds is 8. The van der Waals surface area contributed by atoms with Crippen LogP contribution in [0.4, 0.5) is 5.69 Å². The van der Waals surface area contributed by atoms with Crippen LogP contribution in [0.3, 0.4) is 0 Å². The number of sulfonamides is 1. The van der Waals surface area contributed by atoms with E-state index in [0.717, 1.165) is 5.56 Å². The maximum Gasteiger partial charge on any atom is 0.261 e. The van der Waals surface area contributed by atoms with E-state index in [4.69, 9.17) is 9.47 Å². The summed E-state index contributed by atoms with van der Waals surface area (Å²) in [7, 11) is -3.78. The molecule has 4 aromatic rings. The molecule has 0 atom stereocenters. The zero-order valence-electron chi connectivity index (χ0n) is 17.3. The van der Waals surface area contributed by atoms with Crippen LogP contribution in [-0.4, -0.2) is 25.2 Å². The molecule has 0 radical (unpaired) electrons. The summed E-state index contributed by atoms with van der Waals surface area (Å²) in [4.78, 5) is 0.129. The average Bonchev–Trinajstić information content (AvgIpc) is 2.81. The zero-order chi connectivity index (χ0) is 22.4. The molecule has 162 valence electrons. The van der Waals surface area contributed by atoms with Crippen molar-refractivity contribution < 1.29 is 17.9 Å². The first-order chi connectivity index (χ1) is 15.5. The Hall–Kier alpha value is -3.91. The first kappa shape index (κ1) is 21.3. The fraction of sp³-hybridized carbons (Fsp3) is 0.0833. The largest absolute Gasteiger partial charge is 0.477 e. The second-order valence-electron chi connectivity index (χ2n) is 6.76. The molecule has 0 unspecified atom stereocenters. The van der Waals surface area contributed by atoms with Gasteiger partial charge in [-0.3, -0.25) is 4.72 Å². The van der Waals surface area contributed by atoms with Crippen LogP contribution in [0, 0.1) is 0 Å². The lowest BCUT2D eigenvalue weighted by molar-refractivity contribution is 0.323. The minimum absolute atomic E-state index is 0.129. The van der Waals surface area contributed by atoms with E-state index in [9.17, 15) is 8.42 Å². The van der Waals surface area contributed by atoms with E-state index in [1.54, 1.807) is 42.5 Å². The van der Waals surface area contributed by atoms with Crippen LogP contribution in [0.25, 0.3) is 11.3 Å². The highest BCUT2D eigenvalue weighted by atomic mass is 32.2. The summed E-state index contributed by atoms with van der Waals surface area (Å²) < 4.78 is 39.3. The van der Waals surface area contributed by atoms with Crippen molar-refractivity contribution in [3.63, 3.8) is 0 Å². The Kier molecular flexibility index (Phi) is 6.32. The van der Waals surface area contributed by atoms with Crippen LogP contribution in [0.15, 0.2) is 95.9 Å². The lowest BCUT2D eigenvalue weighted by atomic mass is 10.1. The molecule has 1 aromatic heterocycles. The fourth-order valence-corrected chi connectivity index (χ4v) is 4.02. The molecule has 0 amide bonds. The summed E-state index contributed by atoms with van der Waals surface area (Å²) in [6, 6.07) is 26.0. The van der Waals surface area contributed by atoms with Gasteiger partial charge in [-0.1, -0.05) is 30.3 Å². The van der Waals surface area contributed by atoms with Gasteiger partial charge in [0.05, 0.1) is 17.2 Å². The molecule has 0 bridgehead atoms. The van der Waals surface area contributed by atoms with Gasteiger partial charge in [0, 0.05) is 17.3 Å².